The van der Waals surface area contributed by atoms with Crippen LogP contribution in [0.15, 0.2) is 48.5 Å². The van der Waals surface area contributed by atoms with Crippen LogP contribution >= 0.6 is 0 Å². The molecule has 2 fully saturated rings. The van der Waals surface area contributed by atoms with Crippen molar-refractivity contribution in [2.24, 2.45) is 5.73 Å². The van der Waals surface area contributed by atoms with Crippen LogP contribution in [0.1, 0.15) is 31.8 Å². The smallest absolute Gasteiger partial charge is 0.254 e. The number of rotatable bonds is 4. The number of aromatic nitrogens is 1. The van der Waals surface area contributed by atoms with Crippen molar-refractivity contribution in [3.8, 4) is 22.5 Å². The number of nitrogens with zero attached hydrogens (tertiary/aromatic N) is 3. The van der Waals surface area contributed by atoms with Crippen LogP contribution in [0.2, 0.25) is 0 Å². The molecule has 6 rings (SSSR count). The fourth-order valence-electron chi connectivity index (χ4n) is 5.25. The highest BCUT2D eigenvalue weighted by atomic mass is 16.5. The van der Waals surface area contributed by atoms with E-state index in [1.807, 2.05) is 35.2 Å². The average Bonchev–Trinajstić information content (AvgIpc) is 3.31. The van der Waals surface area contributed by atoms with Crippen molar-refractivity contribution >= 4 is 17.5 Å². The molecule has 0 radical (unpaired) electrons. The highest BCUT2D eigenvalue weighted by Gasteiger charge is 2.28. The maximum atomic E-state index is 13.0. The molecule has 0 atom stereocenters. The summed E-state index contributed by atoms with van der Waals surface area (Å²) in [6, 6.07) is 15.7. The number of morpholine rings is 2. The number of hydrogen-bond acceptors (Lipinski definition) is 6. The molecule has 8 nitrogen and oxygen atoms in total. The van der Waals surface area contributed by atoms with E-state index >= 15 is 0 Å². The van der Waals surface area contributed by atoms with Crippen molar-refractivity contribution in [2.75, 3.05) is 57.5 Å². The lowest BCUT2D eigenvalue weighted by molar-refractivity contribution is 0.0303. The number of amides is 2. The van der Waals surface area contributed by atoms with Gasteiger partial charge in [0.05, 0.1) is 37.8 Å². The maximum Gasteiger partial charge on any atom is 0.254 e. The Morgan fingerprint density at radius 1 is 0.861 bits per heavy atom. The van der Waals surface area contributed by atoms with Crippen LogP contribution in [0, 0.1) is 0 Å². The molecule has 36 heavy (non-hydrogen) atoms. The summed E-state index contributed by atoms with van der Waals surface area (Å²) >= 11 is 0. The number of benzene rings is 2. The zero-order valence-corrected chi connectivity index (χ0v) is 20.0. The molecule has 2 N–H and O–H groups in total. The Bertz CT molecular complexity index is 1330. The number of hydrogen-bond donors (Lipinski definition) is 1. The molecule has 1 aromatic heterocycles. The molecule has 8 heteroatoms. The SMILES string of the molecule is NC(=O)c1cc(-c2ccc(N3CCOCC3)cc2)nc2c1Cc1cc(C(=O)N3CCOCC3)ccc1-2. The first-order valence-corrected chi connectivity index (χ1v) is 12.4. The van der Waals surface area contributed by atoms with E-state index in [0.717, 1.165) is 59.9 Å². The molecule has 184 valence electrons. The Morgan fingerprint density at radius 3 is 2.25 bits per heavy atom. The normalized spacial score (nSPS) is 17.0. The molecular formula is C28H28N4O4. The summed E-state index contributed by atoms with van der Waals surface area (Å²) in [5.74, 6) is -0.474. The Labute approximate surface area is 209 Å². The summed E-state index contributed by atoms with van der Waals surface area (Å²) < 4.78 is 10.8. The van der Waals surface area contributed by atoms with Crippen molar-refractivity contribution in [3.05, 3.63) is 70.8 Å². The summed E-state index contributed by atoms with van der Waals surface area (Å²) in [5, 5.41) is 0. The molecule has 0 unspecified atom stereocenters. The van der Waals surface area contributed by atoms with Gasteiger partial charge < -0.3 is 25.0 Å². The van der Waals surface area contributed by atoms with Crippen LogP contribution in [0.5, 0.6) is 0 Å². The molecule has 3 heterocycles. The third-order valence-electron chi connectivity index (χ3n) is 7.20. The molecular weight excluding hydrogens is 456 g/mol. The lowest BCUT2D eigenvalue weighted by Crippen LogP contribution is -2.40. The highest BCUT2D eigenvalue weighted by Crippen LogP contribution is 2.39. The van der Waals surface area contributed by atoms with Gasteiger partial charge in [-0.3, -0.25) is 9.59 Å². The van der Waals surface area contributed by atoms with Gasteiger partial charge >= 0.3 is 0 Å². The van der Waals surface area contributed by atoms with E-state index < -0.39 is 5.91 Å². The minimum atomic E-state index is -0.475. The summed E-state index contributed by atoms with van der Waals surface area (Å²) in [6.45, 7) is 5.51. The standard InChI is InChI=1S/C28H28N4O4/c29-27(33)24-17-25(18-1-4-21(5-2-18)31-7-11-35-12-8-31)30-26-22-6-3-19(15-20(22)16-23(24)26)28(34)32-9-13-36-14-10-32/h1-6,15,17H,7-14,16H2,(H2,29,33). The molecule has 2 saturated heterocycles. The van der Waals surface area contributed by atoms with Gasteiger partial charge in [0.2, 0.25) is 5.91 Å². The van der Waals surface area contributed by atoms with Gasteiger partial charge in [0.15, 0.2) is 0 Å². The first-order valence-electron chi connectivity index (χ1n) is 12.4. The molecule has 2 aliphatic heterocycles. The largest absolute Gasteiger partial charge is 0.378 e. The van der Waals surface area contributed by atoms with Crippen LogP contribution in [-0.4, -0.2) is 74.3 Å². The molecule has 2 amide bonds. The van der Waals surface area contributed by atoms with Gasteiger partial charge in [-0.05, 0) is 41.5 Å². The lowest BCUT2D eigenvalue weighted by atomic mass is 10.0. The van der Waals surface area contributed by atoms with Crippen molar-refractivity contribution in [1.29, 1.82) is 0 Å². The topological polar surface area (TPSA) is 98.0 Å². The first-order chi connectivity index (χ1) is 17.6. The van der Waals surface area contributed by atoms with Crippen LogP contribution < -0.4 is 10.6 Å². The Balaban J connectivity index is 1.33. The monoisotopic (exact) mass is 484 g/mol. The van der Waals surface area contributed by atoms with Crippen molar-refractivity contribution in [1.82, 2.24) is 9.88 Å². The second-order valence-corrected chi connectivity index (χ2v) is 9.35. The molecule has 2 aromatic carbocycles. The Kier molecular flexibility index (Phi) is 5.91. The number of nitrogens with two attached hydrogens (primary N) is 1. The zero-order chi connectivity index (χ0) is 24.6. The van der Waals surface area contributed by atoms with E-state index in [1.54, 1.807) is 6.07 Å². The summed E-state index contributed by atoms with van der Waals surface area (Å²) in [6.07, 6.45) is 0.524. The Morgan fingerprint density at radius 2 is 1.56 bits per heavy atom. The molecule has 0 bridgehead atoms. The van der Waals surface area contributed by atoms with Crippen LogP contribution in [-0.2, 0) is 15.9 Å². The van der Waals surface area contributed by atoms with Gasteiger partial charge in [-0.25, -0.2) is 4.98 Å². The highest BCUT2D eigenvalue weighted by molar-refractivity contribution is 6.00. The van der Waals surface area contributed by atoms with E-state index in [1.165, 1.54) is 0 Å². The molecule has 0 spiro atoms. The minimum absolute atomic E-state index is 0.00110. The number of anilines is 1. The Hall–Kier alpha value is -3.75. The van der Waals surface area contributed by atoms with Crippen LogP contribution in [0.4, 0.5) is 5.69 Å². The van der Waals surface area contributed by atoms with Gasteiger partial charge in [-0.15, -0.1) is 0 Å². The number of carbonyl (C=O) groups excluding carboxylic acids is 2. The van der Waals surface area contributed by atoms with Gasteiger partial charge in [-0.2, -0.15) is 0 Å². The van der Waals surface area contributed by atoms with Crippen molar-refractivity contribution in [2.45, 2.75) is 6.42 Å². The lowest BCUT2D eigenvalue weighted by Gasteiger charge is -2.28. The molecule has 3 aromatic rings. The van der Waals surface area contributed by atoms with Crippen molar-refractivity contribution < 1.29 is 19.1 Å². The van der Waals surface area contributed by atoms with E-state index in [9.17, 15) is 9.59 Å². The van der Waals surface area contributed by atoms with Crippen LogP contribution in [0.3, 0.4) is 0 Å². The van der Waals surface area contributed by atoms with E-state index in [0.29, 0.717) is 49.5 Å². The molecule has 0 saturated carbocycles. The zero-order valence-electron chi connectivity index (χ0n) is 20.0. The van der Waals surface area contributed by atoms with Gasteiger partial charge in [0, 0.05) is 60.5 Å². The van der Waals surface area contributed by atoms with Gasteiger partial charge in [-0.1, -0.05) is 18.2 Å². The fourth-order valence-corrected chi connectivity index (χ4v) is 5.25. The van der Waals surface area contributed by atoms with Crippen molar-refractivity contribution in [3.63, 3.8) is 0 Å². The first kappa shape index (κ1) is 22.7. The number of ether oxygens (including phenoxy) is 2. The third-order valence-corrected chi connectivity index (χ3v) is 7.20. The molecule has 1 aliphatic carbocycles. The molecule has 3 aliphatic rings. The van der Waals surface area contributed by atoms with Gasteiger partial charge in [0.1, 0.15) is 0 Å². The van der Waals surface area contributed by atoms with E-state index in [4.69, 9.17) is 20.2 Å². The fraction of sp³-hybridized carbons (Fsp3) is 0.321. The van der Waals surface area contributed by atoms with E-state index in [-0.39, 0.29) is 5.91 Å². The van der Waals surface area contributed by atoms with E-state index in [2.05, 4.69) is 17.0 Å². The summed E-state index contributed by atoms with van der Waals surface area (Å²) in [5.41, 5.74) is 13.2. The number of pyridine rings is 1. The average molecular weight is 485 g/mol. The summed E-state index contributed by atoms with van der Waals surface area (Å²) in [7, 11) is 0. The predicted molar refractivity (Wildman–Crippen MR) is 136 cm³/mol. The maximum absolute atomic E-state index is 13.0. The predicted octanol–water partition coefficient (Wildman–Crippen LogP) is 2.73. The number of primary amides is 1. The summed E-state index contributed by atoms with van der Waals surface area (Å²) in [4.78, 5) is 34.5. The number of carbonyl (C=O) groups is 2. The number of fused-ring (bicyclic) bond motifs is 3. The van der Waals surface area contributed by atoms with Gasteiger partial charge in [0.25, 0.3) is 5.91 Å². The second kappa shape index (κ2) is 9.37. The minimum Gasteiger partial charge on any atom is -0.378 e. The van der Waals surface area contributed by atoms with Crippen LogP contribution in [0.25, 0.3) is 22.5 Å². The third kappa shape index (κ3) is 4.12. The second-order valence-electron chi connectivity index (χ2n) is 9.35. The quantitative estimate of drug-likeness (QED) is 0.478.